The third-order valence-corrected chi connectivity index (χ3v) is 10.1. The average molecular weight is 686 g/mol. The van der Waals surface area contributed by atoms with E-state index in [0.717, 1.165) is 38.8 Å². The third-order valence-electron chi connectivity index (χ3n) is 10.1. The van der Waals surface area contributed by atoms with Crippen molar-refractivity contribution < 1.29 is 47.7 Å². The molecule has 2 aliphatic carbocycles. The lowest BCUT2D eigenvalue weighted by Crippen LogP contribution is -2.58. The van der Waals surface area contributed by atoms with Crippen LogP contribution < -0.4 is 5.32 Å². The molecule has 3 saturated heterocycles. The topological polar surface area (TPSA) is 150 Å². The number of hydrogen-bond donors (Lipinski definition) is 1. The molecule has 0 aromatic heterocycles. The fourth-order valence-electron chi connectivity index (χ4n) is 6.79. The van der Waals surface area contributed by atoms with Crippen molar-refractivity contribution in [2.24, 2.45) is 10.8 Å². The van der Waals surface area contributed by atoms with Gasteiger partial charge in [0.1, 0.15) is 11.0 Å². The maximum atomic E-state index is 12.9. The zero-order valence-electron chi connectivity index (χ0n) is 29.5. The molecule has 2 unspecified atom stereocenters. The Hall–Kier alpha value is -3.39. The van der Waals surface area contributed by atoms with Crippen LogP contribution in [-0.2, 0) is 49.4 Å². The van der Waals surface area contributed by atoms with Crippen LogP contribution in [0.25, 0.3) is 0 Å². The molecular weight excluding hydrogens is 634 g/mol. The van der Waals surface area contributed by atoms with Gasteiger partial charge < -0.3 is 29.0 Å². The highest BCUT2D eigenvalue weighted by Crippen LogP contribution is 2.46. The zero-order chi connectivity index (χ0) is 35.5. The Morgan fingerprint density at radius 3 is 2.16 bits per heavy atom. The number of amides is 3. The molecule has 6 rings (SSSR count). The number of carbonyl (C=O) groups is 5. The van der Waals surface area contributed by atoms with E-state index in [1.54, 1.807) is 20.8 Å². The Labute approximate surface area is 288 Å². The van der Waals surface area contributed by atoms with E-state index in [-0.39, 0.29) is 49.2 Å². The molecule has 5 aliphatic rings. The molecule has 3 aliphatic heterocycles. The summed E-state index contributed by atoms with van der Waals surface area (Å²) >= 11 is 0. The average Bonchev–Trinajstić information content (AvgIpc) is 4.00. The zero-order valence-corrected chi connectivity index (χ0v) is 29.5. The summed E-state index contributed by atoms with van der Waals surface area (Å²) in [6.45, 7) is 8.79. The fraction of sp³-hybridized carbons (Fsp3) is 0.694. The monoisotopic (exact) mass is 685 g/mol. The van der Waals surface area contributed by atoms with Crippen molar-refractivity contribution in [3.8, 4) is 0 Å². The Bertz CT molecular complexity index is 1400. The predicted octanol–water partition coefficient (Wildman–Crippen LogP) is 3.37. The van der Waals surface area contributed by atoms with Gasteiger partial charge in [0, 0.05) is 45.6 Å². The number of nitrogens with one attached hydrogen (secondary N) is 1. The smallest absolute Gasteiger partial charge is 0.424 e. The second-order valence-electron chi connectivity index (χ2n) is 15.3. The molecule has 13 heteroatoms. The van der Waals surface area contributed by atoms with Crippen molar-refractivity contribution in [2.75, 3.05) is 53.6 Å². The van der Waals surface area contributed by atoms with Gasteiger partial charge in [-0.1, -0.05) is 30.3 Å². The van der Waals surface area contributed by atoms with Crippen molar-refractivity contribution >= 4 is 29.8 Å². The van der Waals surface area contributed by atoms with E-state index in [1.807, 2.05) is 18.2 Å². The standard InChI is InChI=1S/C20H27NO5.C16H24N2O5/c1-24-17(22)8-9-19(18(23)25-2)13-21(12-16-6-4-3-5-7-16)14-20(10-11-20)26-15-19;1-14(2,3)23-13(21)18-11(19)4-5-15(12(18)20)8-17-9-16(6-7-16)22-10-15/h3-7H,8-15H2,1-2H3;17H,4-10H2,1-3H3. The molecule has 1 aromatic rings. The Balaban J connectivity index is 0.000000192. The Morgan fingerprint density at radius 2 is 1.55 bits per heavy atom. The summed E-state index contributed by atoms with van der Waals surface area (Å²) < 4.78 is 27.2. The fourth-order valence-corrected chi connectivity index (χ4v) is 6.79. The number of benzene rings is 1. The number of methoxy groups -OCH3 is 2. The van der Waals surface area contributed by atoms with Gasteiger partial charge in [0.2, 0.25) is 11.8 Å². The van der Waals surface area contributed by atoms with Gasteiger partial charge in [-0.05, 0) is 64.9 Å². The molecule has 1 aromatic carbocycles. The van der Waals surface area contributed by atoms with Crippen LogP contribution in [0, 0.1) is 10.8 Å². The van der Waals surface area contributed by atoms with E-state index in [2.05, 4.69) is 22.3 Å². The molecule has 2 atom stereocenters. The molecule has 13 nitrogen and oxygen atoms in total. The summed E-state index contributed by atoms with van der Waals surface area (Å²) in [5.74, 6) is -1.65. The number of carbonyl (C=O) groups excluding carboxylic acids is 5. The second kappa shape index (κ2) is 14.5. The first-order chi connectivity index (χ1) is 23.2. The van der Waals surface area contributed by atoms with E-state index in [4.69, 9.17) is 23.7 Å². The van der Waals surface area contributed by atoms with Crippen molar-refractivity contribution in [3.05, 3.63) is 35.9 Å². The molecule has 1 N–H and O–H groups in total. The minimum absolute atomic E-state index is 0.142. The number of likely N-dealkylation sites (tertiary alicyclic amines) is 1. The molecule has 3 spiro atoms. The first-order valence-corrected chi connectivity index (χ1v) is 17.2. The van der Waals surface area contributed by atoms with Crippen LogP contribution in [0.5, 0.6) is 0 Å². The quantitative estimate of drug-likeness (QED) is 0.266. The number of nitrogens with zero attached hydrogens (tertiary/aromatic N) is 2. The minimum Gasteiger partial charge on any atom is -0.469 e. The van der Waals surface area contributed by atoms with E-state index < -0.39 is 34.3 Å². The van der Waals surface area contributed by atoms with E-state index >= 15 is 0 Å². The lowest BCUT2D eigenvalue weighted by Gasteiger charge is -2.38. The van der Waals surface area contributed by atoms with Gasteiger partial charge >= 0.3 is 18.0 Å². The number of esters is 2. The first kappa shape index (κ1) is 36.9. The number of rotatable bonds is 6. The van der Waals surface area contributed by atoms with Crippen LogP contribution in [0.1, 0.15) is 77.7 Å². The van der Waals surface area contributed by atoms with Gasteiger partial charge in [0.15, 0.2) is 0 Å². The highest BCUT2D eigenvalue weighted by molar-refractivity contribution is 6.12. The number of piperidine rings is 1. The van der Waals surface area contributed by atoms with Gasteiger partial charge in [0.05, 0.1) is 44.1 Å². The van der Waals surface area contributed by atoms with E-state index in [0.29, 0.717) is 37.4 Å². The largest absolute Gasteiger partial charge is 0.469 e. The van der Waals surface area contributed by atoms with Gasteiger partial charge in [-0.2, -0.15) is 4.90 Å². The van der Waals surface area contributed by atoms with Crippen LogP contribution in [0.3, 0.4) is 0 Å². The van der Waals surface area contributed by atoms with Crippen molar-refractivity contribution in [2.45, 2.75) is 95.5 Å². The van der Waals surface area contributed by atoms with Crippen LogP contribution in [0.2, 0.25) is 0 Å². The Morgan fingerprint density at radius 1 is 0.878 bits per heavy atom. The van der Waals surface area contributed by atoms with Crippen LogP contribution in [-0.4, -0.2) is 110 Å². The summed E-state index contributed by atoms with van der Waals surface area (Å²) in [5.41, 5.74) is -1.60. The summed E-state index contributed by atoms with van der Waals surface area (Å²) in [7, 11) is 2.75. The van der Waals surface area contributed by atoms with E-state index in [1.165, 1.54) is 19.8 Å². The molecule has 49 heavy (non-hydrogen) atoms. The van der Waals surface area contributed by atoms with Crippen LogP contribution in [0.4, 0.5) is 4.79 Å². The first-order valence-electron chi connectivity index (χ1n) is 17.2. The summed E-state index contributed by atoms with van der Waals surface area (Å²) in [6, 6.07) is 10.2. The summed E-state index contributed by atoms with van der Waals surface area (Å²) in [5, 5.41) is 3.28. The number of imide groups is 3. The number of hydrogen-bond acceptors (Lipinski definition) is 12. The van der Waals surface area contributed by atoms with Crippen molar-refractivity contribution in [1.29, 1.82) is 0 Å². The summed E-state index contributed by atoms with van der Waals surface area (Å²) in [6.07, 6.45) is 4.15. The predicted molar refractivity (Wildman–Crippen MR) is 176 cm³/mol. The molecule has 5 fully saturated rings. The van der Waals surface area contributed by atoms with Gasteiger partial charge in [-0.3, -0.25) is 24.1 Å². The molecule has 0 radical (unpaired) electrons. The molecule has 270 valence electrons. The second-order valence-corrected chi connectivity index (χ2v) is 15.3. The van der Waals surface area contributed by atoms with Crippen molar-refractivity contribution in [3.63, 3.8) is 0 Å². The van der Waals surface area contributed by atoms with Crippen LogP contribution in [0.15, 0.2) is 30.3 Å². The normalized spacial score (nSPS) is 27.4. The van der Waals surface area contributed by atoms with Crippen molar-refractivity contribution in [1.82, 2.24) is 15.1 Å². The molecule has 3 heterocycles. The maximum absolute atomic E-state index is 12.9. The molecular formula is C36H51N3O10. The summed E-state index contributed by atoms with van der Waals surface area (Å²) in [4.78, 5) is 64.6. The lowest BCUT2D eigenvalue weighted by molar-refractivity contribution is -0.161. The maximum Gasteiger partial charge on any atom is 0.424 e. The SMILES string of the molecule is CC(C)(C)OC(=O)N1C(=O)CCC2(CNCC3(CC3)OC2)C1=O.COC(=O)CCC1(C(=O)OC)COC2(CC2)CN(Cc2ccccc2)C1. The van der Waals surface area contributed by atoms with E-state index in [9.17, 15) is 24.0 Å². The highest BCUT2D eigenvalue weighted by Gasteiger charge is 2.56. The van der Waals surface area contributed by atoms with Gasteiger partial charge in [-0.15, -0.1) is 0 Å². The number of ether oxygens (including phenoxy) is 5. The molecule has 0 bridgehead atoms. The highest BCUT2D eigenvalue weighted by atomic mass is 16.6. The minimum atomic E-state index is -0.892. The third kappa shape index (κ3) is 8.86. The Kier molecular flexibility index (Phi) is 10.9. The molecule has 2 saturated carbocycles. The van der Waals surface area contributed by atoms with Gasteiger partial charge in [0.25, 0.3) is 0 Å². The van der Waals surface area contributed by atoms with Crippen LogP contribution >= 0.6 is 0 Å². The molecule has 3 amide bonds. The lowest BCUT2D eigenvalue weighted by atomic mass is 9.79. The van der Waals surface area contributed by atoms with Gasteiger partial charge in [-0.25, -0.2) is 4.79 Å².